The molecule has 0 bridgehead atoms. The van der Waals surface area contributed by atoms with Gasteiger partial charge in [0, 0.05) is 11.1 Å². The van der Waals surface area contributed by atoms with E-state index in [0.29, 0.717) is 28.2 Å². The quantitative estimate of drug-likeness (QED) is 0.363. The Bertz CT molecular complexity index is 994. The van der Waals surface area contributed by atoms with Crippen LogP contribution in [0, 0.1) is 5.82 Å². The summed E-state index contributed by atoms with van der Waals surface area (Å²) in [6, 6.07) is 16.1. The lowest BCUT2D eigenvalue weighted by atomic mass is 10.0. The Morgan fingerprint density at radius 2 is 1.25 bits per heavy atom. The third-order valence-corrected chi connectivity index (χ3v) is 4.05. The van der Waals surface area contributed by atoms with Gasteiger partial charge in [-0.1, -0.05) is 0 Å². The zero-order valence-corrected chi connectivity index (χ0v) is 15.3. The van der Waals surface area contributed by atoms with Crippen molar-refractivity contribution in [2.24, 2.45) is 0 Å². The highest BCUT2D eigenvalue weighted by atomic mass is 19.1. The molecule has 0 fully saturated rings. The molecule has 28 heavy (non-hydrogen) atoms. The number of hydrogen-bond acceptors (Lipinski definition) is 5. The number of ether oxygens (including phenoxy) is 3. The number of methoxy groups -OCH3 is 2. The summed E-state index contributed by atoms with van der Waals surface area (Å²) in [6.45, 7) is 0. The molecule has 0 radical (unpaired) electrons. The number of esters is 1. The van der Waals surface area contributed by atoms with Gasteiger partial charge in [0.25, 0.3) is 0 Å². The van der Waals surface area contributed by atoms with Crippen LogP contribution in [-0.2, 0) is 0 Å². The SMILES string of the molecule is COc1ccc(C(=O)Oc2ccc(C(=O)c3ccc(F)cc3)cc2)cc1OC. The van der Waals surface area contributed by atoms with Crippen molar-refractivity contribution in [2.45, 2.75) is 0 Å². The normalized spacial score (nSPS) is 10.2. The molecule has 142 valence electrons. The van der Waals surface area contributed by atoms with Gasteiger partial charge < -0.3 is 14.2 Å². The second-order valence-corrected chi connectivity index (χ2v) is 5.82. The Morgan fingerprint density at radius 3 is 1.82 bits per heavy atom. The molecule has 6 heteroatoms. The molecule has 0 amide bonds. The summed E-state index contributed by atoms with van der Waals surface area (Å²) in [5.74, 6) is -0.0272. The average molecular weight is 380 g/mol. The lowest BCUT2D eigenvalue weighted by Crippen LogP contribution is -2.09. The minimum atomic E-state index is -0.571. The molecule has 3 rings (SSSR count). The lowest BCUT2D eigenvalue weighted by molar-refractivity contribution is 0.0734. The zero-order valence-electron chi connectivity index (χ0n) is 15.3. The first-order valence-corrected chi connectivity index (χ1v) is 8.36. The minimum Gasteiger partial charge on any atom is -0.493 e. The van der Waals surface area contributed by atoms with E-state index in [2.05, 4.69) is 0 Å². The van der Waals surface area contributed by atoms with Crippen LogP contribution in [0.1, 0.15) is 26.3 Å². The zero-order chi connectivity index (χ0) is 20.1. The number of benzene rings is 3. The van der Waals surface area contributed by atoms with Crippen LogP contribution in [0.25, 0.3) is 0 Å². The molecule has 3 aromatic carbocycles. The van der Waals surface area contributed by atoms with Crippen molar-refractivity contribution in [1.29, 1.82) is 0 Å². The van der Waals surface area contributed by atoms with Gasteiger partial charge in [-0.2, -0.15) is 0 Å². The maximum absolute atomic E-state index is 13.0. The van der Waals surface area contributed by atoms with Crippen molar-refractivity contribution in [3.8, 4) is 17.2 Å². The Labute approximate surface area is 161 Å². The van der Waals surface area contributed by atoms with Gasteiger partial charge in [0.2, 0.25) is 0 Å². The molecule has 0 saturated carbocycles. The van der Waals surface area contributed by atoms with E-state index in [-0.39, 0.29) is 11.5 Å². The number of rotatable bonds is 6. The van der Waals surface area contributed by atoms with E-state index >= 15 is 0 Å². The first-order valence-electron chi connectivity index (χ1n) is 8.36. The molecule has 0 aliphatic carbocycles. The maximum Gasteiger partial charge on any atom is 0.343 e. The van der Waals surface area contributed by atoms with Crippen LogP contribution < -0.4 is 14.2 Å². The smallest absolute Gasteiger partial charge is 0.343 e. The van der Waals surface area contributed by atoms with Gasteiger partial charge in [0.05, 0.1) is 19.8 Å². The van der Waals surface area contributed by atoms with Crippen molar-refractivity contribution < 1.29 is 28.2 Å². The van der Waals surface area contributed by atoms with Crippen molar-refractivity contribution in [2.75, 3.05) is 14.2 Å². The second-order valence-electron chi connectivity index (χ2n) is 5.82. The predicted molar refractivity (Wildman–Crippen MR) is 101 cm³/mol. The van der Waals surface area contributed by atoms with E-state index in [0.717, 1.165) is 0 Å². The predicted octanol–water partition coefficient (Wildman–Crippen LogP) is 4.29. The molecule has 0 spiro atoms. The van der Waals surface area contributed by atoms with E-state index < -0.39 is 11.8 Å². The summed E-state index contributed by atoms with van der Waals surface area (Å²) in [5.41, 5.74) is 1.07. The van der Waals surface area contributed by atoms with Gasteiger partial charge in [-0.05, 0) is 66.7 Å². The van der Waals surface area contributed by atoms with Crippen LogP contribution in [0.4, 0.5) is 4.39 Å². The molecule has 5 nitrogen and oxygen atoms in total. The standard InChI is InChI=1S/C22H17FO5/c1-26-19-12-7-16(13-20(19)27-2)22(25)28-18-10-5-15(6-11-18)21(24)14-3-8-17(23)9-4-14/h3-13H,1-2H3. The molecule has 0 atom stereocenters. The molecule has 0 aliphatic rings. The summed E-state index contributed by atoms with van der Waals surface area (Å²) >= 11 is 0. The first-order chi connectivity index (χ1) is 13.5. The third kappa shape index (κ3) is 4.17. The van der Waals surface area contributed by atoms with Crippen LogP contribution in [0.15, 0.2) is 66.7 Å². The van der Waals surface area contributed by atoms with Crippen molar-refractivity contribution in [3.63, 3.8) is 0 Å². The van der Waals surface area contributed by atoms with Gasteiger partial charge >= 0.3 is 5.97 Å². The number of carbonyl (C=O) groups is 2. The van der Waals surface area contributed by atoms with Gasteiger partial charge in [0.15, 0.2) is 17.3 Å². The van der Waals surface area contributed by atoms with Crippen molar-refractivity contribution in [3.05, 3.63) is 89.2 Å². The van der Waals surface area contributed by atoms with E-state index in [9.17, 15) is 14.0 Å². The fourth-order valence-electron chi connectivity index (χ4n) is 2.57. The molecule has 0 saturated heterocycles. The monoisotopic (exact) mass is 380 g/mol. The number of halogens is 1. The third-order valence-electron chi connectivity index (χ3n) is 4.05. The molecular weight excluding hydrogens is 363 g/mol. The highest BCUT2D eigenvalue weighted by molar-refractivity contribution is 6.09. The van der Waals surface area contributed by atoms with Crippen LogP contribution in [0.3, 0.4) is 0 Å². The van der Waals surface area contributed by atoms with Crippen LogP contribution in [0.2, 0.25) is 0 Å². The summed E-state index contributed by atoms with van der Waals surface area (Å²) < 4.78 is 28.6. The highest BCUT2D eigenvalue weighted by Crippen LogP contribution is 2.28. The highest BCUT2D eigenvalue weighted by Gasteiger charge is 2.14. The summed E-state index contributed by atoms with van der Waals surface area (Å²) in [6.07, 6.45) is 0. The van der Waals surface area contributed by atoms with Gasteiger partial charge in [0.1, 0.15) is 11.6 Å². The number of ketones is 1. The maximum atomic E-state index is 13.0. The molecule has 0 heterocycles. The summed E-state index contributed by atoms with van der Waals surface area (Å²) in [5, 5.41) is 0. The fourth-order valence-corrected chi connectivity index (χ4v) is 2.57. The Morgan fingerprint density at radius 1 is 0.714 bits per heavy atom. The van der Waals surface area contributed by atoms with E-state index in [1.54, 1.807) is 24.3 Å². The Hall–Kier alpha value is -3.67. The van der Waals surface area contributed by atoms with E-state index in [4.69, 9.17) is 14.2 Å². The van der Waals surface area contributed by atoms with E-state index in [1.807, 2.05) is 0 Å². The molecular formula is C22H17FO5. The topological polar surface area (TPSA) is 61.8 Å². The van der Waals surface area contributed by atoms with Gasteiger partial charge in [-0.25, -0.2) is 9.18 Å². The molecule has 0 aliphatic heterocycles. The van der Waals surface area contributed by atoms with Crippen LogP contribution >= 0.6 is 0 Å². The van der Waals surface area contributed by atoms with Crippen LogP contribution in [0.5, 0.6) is 17.2 Å². The summed E-state index contributed by atoms with van der Waals surface area (Å²) in [7, 11) is 2.98. The van der Waals surface area contributed by atoms with Crippen LogP contribution in [-0.4, -0.2) is 26.0 Å². The second kappa shape index (κ2) is 8.35. The lowest BCUT2D eigenvalue weighted by Gasteiger charge is -2.10. The average Bonchev–Trinajstić information content (AvgIpc) is 2.73. The van der Waals surface area contributed by atoms with Gasteiger partial charge in [-0.15, -0.1) is 0 Å². The molecule has 0 N–H and O–H groups in total. The van der Waals surface area contributed by atoms with E-state index in [1.165, 1.54) is 56.7 Å². The molecule has 0 unspecified atom stereocenters. The van der Waals surface area contributed by atoms with Crippen molar-refractivity contribution in [1.82, 2.24) is 0 Å². The first kappa shape index (κ1) is 19.1. The Balaban J connectivity index is 1.72. The van der Waals surface area contributed by atoms with Gasteiger partial charge in [-0.3, -0.25) is 4.79 Å². The minimum absolute atomic E-state index is 0.252. The largest absolute Gasteiger partial charge is 0.493 e. The molecule has 3 aromatic rings. The Kier molecular flexibility index (Phi) is 5.69. The number of hydrogen-bond donors (Lipinski definition) is 0. The number of carbonyl (C=O) groups excluding carboxylic acids is 2. The molecule has 0 aromatic heterocycles. The van der Waals surface area contributed by atoms with Crippen molar-refractivity contribution >= 4 is 11.8 Å². The fraction of sp³-hybridized carbons (Fsp3) is 0.0909. The summed E-state index contributed by atoms with van der Waals surface area (Å²) in [4.78, 5) is 24.7.